The molecule has 0 bridgehead atoms. The molecule has 1 aromatic carbocycles. The zero-order valence-electron chi connectivity index (χ0n) is 5.26. The molecule has 0 radical (unpaired) electrons. The zero-order chi connectivity index (χ0) is 7.72. The van der Waals surface area contributed by atoms with Crippen LogP contribution in [0.1, 0.15) is 0 Å². The van der Waals surface area contributed by atoms with Crippen LogP contribution < -0.4 is 17.2 Å². The minimum absolute atomic E-state index is 0.540. The molecule has 0 unspecified atom stereocenters. The van der Waals surface area contributed by atoms with Crippen molar-refractivity contribution in [2.24, 2.45) is 0 Å². The van der Waals surface area contributed by atoms with Crippen molar-refractivity contribution in [1.82, 2.24) is 0 Å². The van der Waals surface area contributed by atoms with Crippen molar-refractivity contribution < 1.29 is 0 Å². The molecule has 0 fully saturated rings. The summed E-state index contributed by atoms with van der Waals surface area (Å²) in [6, 6.07) is 3.42. The molecule has 0 spiro atoms. The molecule has 0 aromatic heterocycles. The van der Waals surface area contributed by atoms with Crippen LogP contribution in [-0.2, 0) is 0 Å². The minimum Gasteiger partial charge on any atom is -0.398 e. The lowest BCUT2D eigenvalue weighted by Gasteiger charge is -2.02. The van der Waals surface area contributed by atoms with Crippen molar-refractivity contribution in [1.29, 1.82) is 0 Å². The summed E-state index contributed by atoms with van der Waals surface area (Å²) in [6.45, 7) is 0. The van der Waals surface area contributed by atoms with E-state index in [9.17, 15) is 0 Å². The second-order valence-corrected chi connectivity index (χ2v) is 3.16. The first-order chi connectivity index (χ1) is 4.61. The van der Waals surface area contributed by atoms with E-state index >= 15 is 0 Å². The molecule has 0 heterocycles. The second kappa shape index (κ2) is 2.53. The van der Waals surface area contributed by atoms with Crippen LogP contribution in [0, 0.1) is 3.57 Å². The average Bonchev–Trinajstić information content (AvgIpc) is 1.84. The third kappa shape index (κ3) is 1.26. The molecule has 0 amide bonds. The number of benzene rings is 1. The maximum atomic E-state index is 5.55. The molecule has 1 rings (SSSR count). The standard InChI is InChI=1S/C6H8IN3/c7-3-1-5(9)6(10)2-4(3)8/h1-2H,8-10H2. The molecule has 0 saturated heterocycles. The lowest BCUT2D eigenvalue weighted by Crippen LogP contribution is -1.98. The average molecular weight is 249 g/mol. The fourth-order valence-corrected chi connectivity index (χ4v) is 1.11. The minimum atomic E-state index is 0.540. The Morgan fingerprint density at radius 2 is 1.40 bits per heavy atom. The molecular formula is C6H8IN3. The van der Waals surface area contributed by atoms with E-state index in [1.54, 1.807) is 12.1 Å². The fraction of sp³-hybridized carbons (Fsp3) is 0. The third-order valence-electron chi connectivity index (χ3n) is 1.20. The van der Waals surface area contributed by atoms with Gasteiger partial charge in [-0.1, -0.05) is 0 Å². The van der Waals surface area contributed by atoms with Crippen molar-refractivity contribution in [2.75, 3.05) is 17.2 Å². The summed E-state index contributed by atoms with van der Waals surface area (Å²) in [6.07, 6.45) is 0. The van der Waals surface area contributed by atoms with Crippen LogP contribution in [0.3, 0.4) is 0 Å². The van der Waals surface area contributed by atoms with Gasteiger partial charge >= 0.3 is 0 Å². The van der Waals surface area contributed by atoms with Crippen molar-refractivity contribution >= 4 is 39.7 Å². The number of halogens is 1. The highest BCUT2D eigenvalue weighted by Gasteiger charge is 1.98. The summed E-state index contributed by atoms with van der Waals surface area (Å²) in [7, 11) is 0. The van der Waals surface area contributed by atoms with Crippen LogP contribution in [0.4, 0.5) is 17.1 Å². The van der Waals surface area contributed by atoms with Crippen molar-refractivity contribution in [2.45, 2.75) is 0 Å². The van der Waals surface area contributed by atoms with Crippen molar-refractivity contribution in [3.8, 4) is 0 Å². The molecule has 6 N–H and O–H groups in total. The van der Waals surface area contributed by atoms with Gasteiger partial charge < -0.3 is 17.2 Å². The van der Waals surface area contributed by atoms with E-state index in [-0.39, 0.29) is 0 Å². The topological polar surface area (TPSA) is 78.1 Å². The number of hydrogen-bond donors (Lipinski definition) is 3. The number of nitrogens with two attached hydrogens (primary N) is 3. The lowest BCUT2D eigenvalue weighted by molar-refractivity contribution is 1.61. The summed E-state index contributed by atoms with van der Waals surface area (Å²) in [5.74, 6) is 0. The Kier molecular flexibility index (Phi) is 1.89. The summed E-state index contributed by atoms with van der Waals surface area (Å²) in [5, 5.41) is 0. The van der Waals surface area contributed by atoms with Crippen LogP contribution in [0.15, 0.2) is 12.1 Å². The summed E-state index contributed by atoms with van der Waals surface area (Å²) in [4.78, 5) is 0. The van der Waals surface area contributed by atoms with Crippen LogP contribution in [0.5, 0.6) is 0 Å². The summed E-state index contributed by atoms with van der Waals surface area (Å²) < 4.78 is 0.935. The monoisotopic (exact) mass is 249 g/mol. The van der Waals surface area contributed by atoms with Gasteiger partial charge in [0.05, 0.1) is 11.4 Å². The molecular weight excluding hydrogens is 241 g/mol. The number of anilines is 3. The number of rotatable bonds is 0. The van der Waals surface area contributed by atoms with Gasteiger partial charge in [0.25, 0.3) is 0 Å². The first-order valence-electron chi connectivity index (χ1n) is 2.71. The Hall–Kier alpha value is -0.650. The van der Waals surface area contributed by atoms with Gasteiger partial charge in [-0.2, -0.15) is 0 Å². The highest BCUT2D eigenvalue weighted by molar-refractivity contribution is 14.1. The molecule has 0 aliphatic rings. The van der Waals surface area contributed by atoms with Gasteiger partial charge in [-0.3, -0.25) is 0 Å². The molecule has 0 saturated carbocycles. The predicted octanol–water partition coefficient (Wildman–Crippen LogP) is 1.04. The van der Waals surface area contributed by atoms with Crippen molar-refractivity contribution in [3.63, 3.8) is 0 Å². The fourth-order valence-electron chi connectivity index (χ4n) is 0.623. The molecule has 4 heteroatoms. The highest BCUT2D eigenvalue weighted by Crippen LogP contribution is 2.23. The Morgan fingerprint density at radius 1 is 0.900 bits per heavy atom. The van der Waals surface area contributed by atoms with Gasteiger partial charge in [0, 0.05) is 9.26 Å². The van der Waals surface area contributed by atoms with E-state index in [4.69, 9.17) is 17.2 Å². The summed E-state index contributed by atoms with van der Waals surface area (Å²) in [5.41, 5.74) is 18.3. The lowest BCUT2D eigenvalue weighted by atomic mass is 10.2. The highest BCUT2D eigenvalue weighted by atomic mass is 127. The second-order valence-electron chi connectivity index (χ2n) is 2.00. The van der Waals surface area contributed by atoms with Crippen LogP contribution in [-0.4, -0.2) is 0 Å². The predicted molar refractivity (Wildman–Crippen MR) is 52.4 cm³/mol. The Bertz CT molecular complexity index is 209. The van der Waals surface area contributed by atoms with Gasteiger partial charge in [0.15, 0.2) is 0 Å². The van der Waals surface area contributed by atoms with Gasteiger partial charge in [-0.25, -0.2) is 0 Å². The van der Waals surface area contributed by atoms with Crippen LogP contribution in [0.2, 0.25) is 0 Å². The zero-order valence-corrected chi connectivity index (χ0v) is 7.42. The SMILES string of the molecule is Nc1cc(N)c(I)cc1N. The molecule has 1 aromatic rings. The molecule has 0 aliphatic heterocycles. The van der Waals surface area contributed by atoms with E-state index < -0.39 is 0 Å². The normalized spacial score (nSPS) is 9.70. The van der Waals surface area contributed by atoms with E-state index in [1.807, 2.05) is 0 Å². The summed E-state index contributed by atoms with van der Waals surface area (Å²) >= 11 is 2.11. The Labute approximate surface area is 72.7 Å². The first-order valence-corrected chi connectivity index (χ1v) is 3.79. The smallest absolute Gasteiger partial charge is 0.0569 e. The first kappa shape index (κ1) is 7.46. The number of hydrogen-bond acceptors (Lipinski definition) is 3. The Balaban J connectivity index is 3.28. The van der Waals surface area contributed by atoms with E-state index in [1.165, 1.54) is 0 Å². The maximum Gasteiger partial charge on any atom is 0.0569 e. The Morgan fingerprint density at radius 3 is 1.90 bits per heavy atom. The van der Waals surface area contributed by atoms with E-state index in [0.717, 1.165) is 3.57 Å². The number of nitrogen functional groups attached to an aromatic ring is 3. The van der Waals surface area contributed by atoms with Crippen LogP contribution >= 0.6 is 22.6 Å². The van der Waals surface area contributed by atoms with Gasteiger partial charge in [-0.15, -0.1) is 0 Å². The molecule has 0 atom stereocenters. The third-order valence-corrected chi connectivity index (χ3v) is 2.14. The quantitative estimate of drug-likeness (QED) is 0.474. The molecule has 54 valence electrons. The van der Waals surface area contributed by atoms with Gasteiger partial charge in [-0.05, 0) is 34.7 Å². The van der Waals surface area contributed by atoms with Crippen LogP contribution in [0.25, 0.3) is 0 Å². The van der Waals surface area contributed by atoms with E-state index in [2.05, 4.69) is 22.6 Å². The van der Waals surface area contributed by atoms with Crippen molar-refractivity contribution in [3.05, 3.63) is 15.7 Å². The molecule has 0 aliphatic carbocycles. The molecule has 10 heavy (non-hydrogen) atoms. The largest absolute Gasteiger partial charge is 0.398 e. The van der Waals surface area contributed by atoms with Gasteiger partial charge in [0.1, 0.15) is 0 Å². The molecule has 3 nitrogen and oxygen atoms in total. The van der Waals surface area contributed by atoms with E-state index in [0.29, 0.717) is 17.1 Å². The maximum absolute atomic E-state index is 5.55. The van der Waals surface area contributed by atoms with Gasteiger partial charge in [0.2, 0.25) is 0 Å².